The van der Waals surface area contributed by atoms with Crippen molar-refractivity contribution in [2.24, 2.45) is 0 Å². The zero-order valence-corrected chi connectivity index (χ0v) is 27.6. The van der Waals surface area contributed by atoms with Crippen LogP contribution in [0.15, 0.2) is 108 Å². The Hall–Kier alpha value is -5.40. The van der Waals surface area contributed by atoms with Gasteiger partial charge in [-0.05, 0) is 78.2 Å². The monoisotopic (exact) mass is 672 g/mol. The lowest BCUT2D eigenvalue weighted by Gasteiger charge is -2.20. The van der Waals surface area contributed by atoms with Crippen LogP contribution in [0.3, 0.4) is 0 Å². The lowest BCUT2D eigenvalue weighted by Crippen LogP contribution is -2.34. The quantitative estimate of drug-likeness (QED) is 0.110. The summed E-state index contributed by atoms with van der Waals surface area (Å²) in [4.78, 5) is 26.8. The Bertz CT molecular complexity index is 1710. The lowest BCUT2D eigenvalue weighted by molar-refractivity contribution is -0.139. The van der Waals surface area contributed by atoms with Gasteiger partial charge in [0, 0.05) is 15.8 Å². The topological polar surface area (TPSA) is 145 Å². The number of aromatic amines is 2. The van der Waals surface area contributed by atoms with Crippen LogP contribution in [0.1, 0.15) is 20.9 Å². The largest absolute Gasteiger partial charge is 0.484 e. The number of ether oxygens (including phenoxy) is 2. The number of hydrogen-bond donors (Lipinski definition) is 4. The highest BCUT2D eigenvalue weighted by atomic mass is 32.1. The molecular weight excluding hydrogens is 637 g/mol. The molecule has 0 spiro atoms. The first-order valence-corrected chi connectivity index (χ1v) is 16.3. The first-order valence-electron chi connectivity index (χ1n) is 14.5. The van der Waals surface area contributed by atoms with Crippen LogP contribution in [0.4, 0.5) is 11.6 Å². The number of rotatable bonds is 12. The van der Waals surface area contributed by atoms with Gasteiger partial charge in [-0.15, -0.1) is 22.7 Å². The zero-order valence-electron chi connectivity index (χ0n) is 26.0. The number of aliphatic carboxylic acids is 1. The number of anilines is 2. The maximum absolute atomic E-state index is 12.6. The molecule has 6 aromatic rings. The van der Waals surface area contributed by atoms with Gasteiger partial charge in [0.1, 0.15) is 23.1 Å². The van der Waals surface area contributed by atoms with E-state index in [-0.39, 0.29) is 19.1 Å². The number of nitrogens with one attached hydrogen (secondary N) is 3. The summed E-state index contributed by atoms with van der Waals surface area (Å²) >= 11 is 3.36. The van der Waals surface area contributed by atoms with Gasteiger partial charge in [-0.3, -0.25) is 19.9 Å². The van der Waals surface area contributed by atoms with Gasteiger partial charge in [0.2, 0.25) is 0 Å². The summed E-state index contributed by atoms with van der Waals surface area (Å²) in [6.07, 6.45) is 3.36. The number of nitrogens with zero attached hydrogens (tertiary/aromatic N) is 3. The number of amides is 1. The fourth-order valence-electron chi connectivity index (χ4n) is 3.99. The lowest BCUT2D eigenvalue weighted by atomic mass is 10.2. The highest BCUT2D eigenvalue weighted by molar-refractivity contribution is 7.10. The van der Waals surface area contributed by atoms with E-state index < -0.39 is 5.97 Å². The first-order chi connectivity index (χ1) is 22.9. The van der Waals surface area contributed by atoms with Crippen molar-refractivity contribution in [3.05, 3.63) is 129 Å². The molecule has 0 atom stereocenters. The molecule has 0 radical (unpaired) electrons. The third kappa shape index (κ3) is 12.5. The smallest absolute Gasteiger partial charge is 0.341 e. The van der Waals surface area contributed by atoms with Crippen molar-refractivity contribution in [2.75, 3.05) is 23.4 Å². The van der Waals surface area contributed by atoms with E-state index in [1.807, 2.05) is 73.8 Å². The second-order valence-electron chi connectivity index (χ2n) is 10.0. The summed E-state index contributed by atoms with van der Waals surface area (Å²) in [6, 6.07) is 26.7. The molecule has 0 aliphatic rings. The van der Waals surface area contributed by atoms with E-state index >= 15 is 0 Å². The van der Waals surface area contributed by atoms with E-state index in [0.717, 1.165) is 28.4 Å². The van der Waals surface area contributed by atoms with E-state index in [2.05, 4.69) is 43.2 Å². The Morgan fingerprint density at radius 3 is 1.94 bits per heavy atom. The second-order valence-corrected chi connectivity index (χ2v) is 12.1. The van der Waals surface area contributed by atoms with Crippen LogP contribution in [0.5, 0.6) is 11.5 Å². The van der Waals surface area contributed by atoms with Crippen molar-refractivity contribution >= 4 is 46.2 Å². The molecule has 4 aromatic heterocycles. The van der Waals surface area contributed by atoms with Crippen LogP contribution in [-0.2, 0) is 22.7 Å². The van der Waals surface area contributed by atoms with Gasteiger partial charge in [0.05, 0.1) is 25.5 Å². The van der Waals surface area contributed by atoms with Crippen LogP contribution in [0.25, 0.3) is 0 Å². The number of aryl methyl sites for hydroxylation is 2. The fraction of sp³-hybridized carbons (Fsp3) is 0.176. The molecule has 0 saturated carbocycles. The molecule has 2 aromatic carbocycles. The number of carbonyl (C=O) groups is 2. The summed E-state index contributed by atoms with van der Waals surface area (Å²) in [7, 11) is 0. The number of benzene rings is 2. The van der Waals surface area contributed by atoms with Gasteiger partial charge >= 0.3 is 5.97 Å². The molecule has 6 rings (SSSR count). The highest BCUT2D eigenvalue weighted by Gasteiger charge is 2.18. The van der Waals surface area contributed by atoms with Gasteiger partial charge < -0.3 is 19.9 Å². The van der Waals surface area contributed by atoms with Crippen LogP contribution in [0.2, 0.25) is 0 Å². The van der Waals surface area contributed by atoms with Gasteiger partial charge in [-0.25, -0.2) is 4.79 Å². The average molecular weight is 673 g/mol. The summed E-state index contributed by atoms with van der Waals surface area (Å²) in [5, 5.41) is 29.1. The number of carbonyl (C=O) groups excluding carboxylic acids is 1. The molecule has 0 saturated heterocycles. The maximum Gasteiger partial charge on any atom is 0.341 e. The maximum atomic E-state index is 12.6. The third-order valence-corrected chi connectivity index (χ3v) is 7.95. The molecule has 4 heterocycles. The molecule has 13 heteroatoms. The molecular formula is C34H36N6O5S2. The Morgan fingerprint density at radius 1 is 0.787 bits per heavy atom. The fourth-order valence-corrected chi connectivity index (χ4v) is 5.33. The van der Waals surface area contributed by atoms with E-state index in [1.54, 1.807) is 58.2 Å². The molecule has 1 amide bonds. The molecule has 47 heavy (non-hydrogen) atoms. The molecule has 11 nitrogen and oxygen atoms in total. The third-order valence-electron chi connectivity index (χ3n) is 6.21. The van der Waals surface area contributed by atoms with E-state index in [0.29, 0.717) is 23.9 Å². The number of hydrogen-bond acceptors (Lipinski definition) is 9. The number of carboxylic acid groups (broad SMARTS) is 1. The highest BCUT2D eigenvalue weighted by Crippen LogP contribution is 2.19. The standard InChI is InChI=1S/C17H17N3O2S.C9H10O3.C8H9N3S/c1-13-4-2-5-14(10-13)22-12-17(21)20(16-7-8-18-19-16)11-15-6-3-9-23-15;1-7-3-2-4-8(5-7)12-6-9(10)11;1-2-7(12-5-1)6-9-8-3-4-10-11-8/h2-10H,11-12H2,1H3,(H,18,19);2-5H,6H2,1H3,(H,10,11);1-5H,6H2,(H2,9,10,11). The number of aromatic nitrogens is 4. The molecule has 0 fully saturated rings. The van der Waals surface area contributed by atoms with Crippen LogP contribution in [-0.4, -0.2) is 50.6 Å². The number of H-pyrrole nitrogens is 2. The number of thiophene rings is 2. The molecule has 244 valence electrons. The normalized spacial score (nSPS) is 10.1. The Balaban J connectivity index is 0.000000176. The second kappa shape index (κ2) is 18.5. The van der Waals surface area contributed by atoms with Gasteiger partial charge in [0.15, 0.2) is 13.2 Å². The van der Waals surface area contributed by atoms with Gasteiger partial charge in [-0.1, -0.05) is 36.4 Å². The van der Waals surface area contributed by atoms with Crippen molar-refractivity contribution in [1.29, 1.82) is 0 Å². The van der Waals surface area contributed by atoms with Gasteiger partial charge in [-0.2, -0.15) is 10.2 Å². The minimum atomic E-state index is -0.962. The molecule has 0 bridgehead atoms. The van der Waals surface area contributed by atoms with E-state index in [4.69, 9.17) is 14.6 Å². The van der Waals surface area contributed by atoms with Crippen molar-refractivity contribution in [2.45, 2.75) is 26.9 Å². The van der Waals surface area contributed by atoms with Crippen LogP contribution >= 0.6 is 22.7 Å². The van der Waals surface area contributed by atoms with E-state index in [1.165, 1.54) is 4.88 Å². The SMILES string of the molecule is Cc1cccc(OCC(=O)N(Cc2cccs2)c2ccn[nH]2)c1.Cc1cccc(OCC(=O)O)c1.c1csc(CNc2ccn[nH]2)c1. The molecule has 0 unspecified atom stereocenters. The Kier molecular flexibility index (Phi) is 13.6. The predicted octanol–water partition coefficient (Wildman–Crippen LogP) is 6.93. The van der Waals surface area contributed by atoms with E-state index in [9.17, 15) is 9.59 Å². The van der Waals surface area contributed by atoms with Gasteiger partial charge in [0.25, 0.3) is 5.91 Å². The Morgan fingerprint density at radius 2 is 1.40 bits per heavy atom. The summed E-state index contributed by atoms with van der Waals surface area (Å²) in [5.74, 6) is 1.83. The van der Waals surface area contributed by atoms with Crippen LogP contribution < -0.4 is 19.7 Å². The minimum Gasteiger partial charge on any atom is -0.484 e. The average Bonchev–Trinajstić information content (AvgIpc) is 3.90. The van der Waals surface area contributed by atoms with Crippen molar-refractivity contribution in [1.82, 2.24) is 20.4 Å². The summed E-state index contributed by atoms with van der Waals surface area (Å²) < 4.78 is 10.6. The Labute approximate surface area is 280 Å². The molecule has 0 aliphatic heterocycles. The van der Waals surface area contributed by atoms with Crippen molar-refractivity contribution < 1.29 is 24.2 Å². The molecule has 0 aliphatic carbocycles. The van der Waals surface area contributed by atoms with Crippen molar-refractivity contribution in [3.8, 4) is 11.5 Å². The number of carboxylic acids is 1. The molecule has 4 N–H and O–H groups in total. The predicted molar refractivity (Wildman–Crippen MR) is 185 cm³/mol. The summed E-state index contributed by atoms with van der Waals surface area (Å²) in [6.45, 7) is 4.96. The summed E-state index contributed by atoms with van der Waals surface area (Å²) in [5.41, 5.74) is 2.15. The zero-order chi connectivity index (χ0) is 33.3. The first kappa shape index (κ1) is 34.5. The minimum absolute atomic E-state index is 0.0200. The van der Waals surface area contributed by atoms with Crippen LogP contribution in [0, 0.1) is 13.8 Å². The van der Waals surface area contributed by atoms with Crippen molar-refractivity contribution in [3.63, 3.8) is 0 Å².